The van der Waals surface area contributed by atoms with Gasteiger partial charge in [0.2, 0.25) is 0 Å². The van der Waals surface area contributed by atoms with Gasteiger partial charge in [-0.05, 0) is 5.92 Å². The van der Waals surface area contributed by atoms with Crippen LogP contribution in [-0.2, 0) is 6.54 Å². The van der Waals surface area contributed by atoms with E-state index in [4.69, 9.17) is 5.73 Å². The van der Waals surface area contributed by atoms with Crippen LogP contribution in [0.2, 0.25) is 0 Å². The van der Waals surface area contributed by atoms with E-state index < -0.39 is 0 Å². The van der Waals surface area contributed by atoms with Crippen molar-refractivity contribution in [1.82, 2.24) is 10.3 Å². The highest BCUT2D eigenvalue weighted by molar-refractivity contribution is 7.09. The Balaban J connectivity index is 2.15. The molecule has 1 aromatic rings. The highest BCUT2D eigenvalue weighted by Gasteiger charge is 2.09. The molecule has 0 aliphatic rings. The number of hydrogen-bond donors (Lipinski definition) is 2. The summed E-state index contributed by atoms with van der Waals surface area (Å²) in [6, 6.07) is 0.250. The molecule has 0 bridgehead atoms. The molecule has 4 heteroatoms. The van der Waals surface area contributed by atoms with Crippen molar-refractivity contribution >= 4 is 11.3 Å². The highest BCUT2D eigenvalue weighted by atomic mass is 32.1. The Morgan fingerprint density at radius 3 is 3.00 bits per heavy atom. The Kier molecular flexibility index (Phi) is 5.07. The molecule has 0 aliphatic heterocycles. The van der Waals surface area contributed by atoms with Crippen molar-refractivity contribution in [2.24, 2.45) is 11.7 Å². The first-order valence-electron chi connectivity index (χ1n) is 5.08. The van der Waals surface area contributed by atoms with Crippen molar-refractivity contribution in [1.29, 1.82) is 0 Å². The molecule has 0 radical (unpaired) electrons. The minimum atomic E-state index is 0.250. The highest BCUT2D eigenvalue weighted by Crippen LogP contribution is 2.05. The number of aromatic nitrogens is 1. The first-order chi connectivity index (χ1) is 6.74. The Hall–Kier alpha value is -0.450. The van der Waals surface area contributed by atoms with Crippen LogP contribution in [-0.4, -0.2) is 17.6 Å². The fourth-order valence-corrected chi connectivity index (χ4v) is 1.78. The fourth-order valence-electron chi connectivity index (χ4n) is 1.19. The zero-order valence-electron chi connectivity index (χ0n) is 8.86. The van der Waals surface area contributed by atoms with Crippen molar-refractivity contribution < 1.29 is 0 Å². The zero-order valence-corrected chi connectivity index (χ0v) is 9.68. The van der Waals surface area contributed by atoms with Gasteiger partial charge in [0.05, 0.1) is 0 Å². The lowest BCUT2D eigenvalue weighted by atomic mass is 10.0. The summed E-state index contributed by atoms with van der Waals surface area (Å²) in [7, 11) is 0. The second-order valence-corrected chi connectivity index (χ2v) is 4.59. The van der Waals surface area contributed by atoms with Crippen LogP contribution in [0.4, 0.5) is 0 Å². The molecule has 0 aromatic carbocycles. The molecule has 2 atom stereocenters. The maximum absolute atomic E-state index is 5.99. The Labute approximate surface area is 89.7 Å². The summed E-state index contributed by atoms with van der Waals surface area (Å²) in [6.45, 7) is 6.07. The van der Waals surface area contributed by atoms with E-state index in [0.29, 0.717) is 5.92 Å². The molecule has 0 saturated heterocycles. The number of thiazole rings is 1. The third-order valence-corrected chi connectivity index (χ3v) is 3.29. The van der Waals surface area contributed by atoms with Crippen molar-refractivity contribution in [3.05, 3.63) is 16.6 Å². The van der Waals surface area contributed by atoms with Crippen LogP contribution in [0.5, 0.6) is 0 Å². The topological polar surface area (TPSA) is 50.9 Å². The van der Waals surface area contributed by atoms with Gasteiger partial charge < -0.3 is 11.1 Å². The van der Waals surface area contributed by atoms with Gasteiger partial charge >= 0.3 is 0 Å². The normalized spacial score (nSPS) is 15.4. The largest absolute Gasteiger partial charge is 0.326 e. The Morgan fingerprint density at radius 2 is 2.43 bits per heavy atom. The monoisotopic (exact) mass is 213 g/mol. The van der Waals surface area contributed by atoms with Gasteiger partial charge in [-0.25, -0.2) is 4.98 Å². The van der Waals surface area contributed by atoms with Crippen molar-refractivity contribution in [3.63, 3.8) is 0 Å². The van der Waals surface area contributed by atoms with Crippen molar-refractivity contribution in [2.75, 3.05) is 6.54 Å². The Morgan fingerprint density at radius 1 is 1.64 bits per heavy atom. The quantitative estimate of drug-likeness (QED) is 0.755. The van der Waals surface area contributed by atoms with Gasteiger partial charge in [-0.2, -0.15) is 0 Å². The van der Waals surface area contributed by atoms with Gasteiger partial charge in [0, 0.05) is 30.7 Å². The summed E-state index contributed by atoms with van der Waals surface area (Å²) >= 11 is 1.67. The van der Waals surface area contributed by atoms with Crippen molar-refractivity contribution in [3.8, 4) is 0 Å². The summed E-state index contributed by atoms with van der Waals surface area (Å²) < 4.78 is 0. The summed E-state index contributed by atoms with van der Waals surface area (Å²) in [4.78, 5) is 4.19. The van der Waals surface area contributed by atoms with Crippen LogP contribution < -0.4 is 11.1 Å². The molecule has 0 amide bonds. The third-order valence-electron chi connectivity index (χ3n) is 2.51. The van der Waals surface area contributed by atoms with E-state index in [1.807, 2.05) is 11.6 Å². The average molecular weight is 213 g/mol. The van der Waals surface area contributed by atoms with Gasteiger partial charge in [-0.1, -0.05) is 20.3 Å². The van der Waals surface area contributed by atoms with E-state index in [9.17, 15) is 0 Å². The van der Waals surface area contributed by atoms with E-state index in [1.165, 1.54) is 0 Å². The molecule has 3 nitrogen and oxygen atoms in total. The Bertz CT molecular complexity index is 236. The maximum atomic E-state index is 5.99. The van der Waals surface area contributed by atoms with Crippen LogP contribution in [0.3, 0.4) is 0 Å². The number of nitrogens with one attached hydrogen (secondary N) is 1. The van der Waals surface area contributed by atoms with Crippen LogP contribution in [0, 0.1) is 5.92 Å². The molecule has 1 aromatic heterocycles. The first-order valence-corrected chi connectivity index (χ1v) is 5.96. The van der Waals surface area contributed by atoms with Crippen LogP contribution in [0.25, 0.3) is 0 Å². The van der Waals surface area contributed by atoms with E-state index in [2.05, 4.69) is 24.1 Å². The molecular formula is C10H19N3S. The lowest BCUT2D eigenvalue weighted by Crippen LogP contribution is -2.38. The third kappa shape index (κ3) is 3.74. The van der Waals surface area contributed by atoms with E-state index in [-0.39, 0.29) is 6.04 Å². The fraction of sp³-hybridized carbons (Fsp3) is 0.700. The SMILES string of the molecule is CCC(C)C(N)CNCc1nccs1. The van der Waals surface area contributed by atoms with Gasteiger partial charge in [0.25, 0.3) is 0 Å². The predicted octanol–water partition coefficient (Wildman–Crippen LogP) is 1.61. The molecule has 1 heterocycles. The summed E-state index contributed by atoms with van der Waals surface area (Å²) in [5, 5.41) is 6.44. The second kappa shape index (κ2) is 6.11. The molecule has 3 N–H and O–H groups in total. The van der Waals surface area contributed by atoms with E-state index in [1.54, 1.807) is 11.3 Å². The number of hydrogen-bond acceptors (Lipinski definition) is 4. The molecule has 1 rings (SSSR count). The predicted molar refractivity (Wildman–Crippen MR) is 61.3 cm³/mol. The standard InChI is InChI=1S/C10H19N3S/c1-3-8(2)9(11)6-12-7-10-13-4-5-14-10/h4-5,8-9,12H,3,6-7,11H2,1-2H3. The van der Waals surface area contributed by atoms with E-state index in [0.717, 1.165) is 24.5 Å². The van der Waals surface area contributed by atoms with Gasteiger partial charge in [0.1, 0.15) is 5.01 Å². The summed E-state index contributed by atoms with van der Waals surface area (Å²) in [5.41, 5.74) is 5.99. The van der Waals surface area contributed by atoms with Gasteiger partial charge in [0.15, 0.2) is 0 Å². The van der Waals surface area contributed by atoms with Gasteiger partial charge in [-0.15, -0.1) is 11.3 Å². The number of nitrogens with two attached hydrogens (primary N) is 1. The molecule has 80 valence electrons. The number of rotatable bonds is 6. The first kappa shape index (κ1) is 11.6. The smallest absolute Gasteiger partial charge is 0.106 e. The molecule has 0 saturated carbocycles. The van der Waals surface area contributed by atoms with Crippen molar-refractivity contribution in [2.45, 2.75) is 32.9 Å². The molecule has 14 heavy (non-hydrogen) atoms. The molecule has 0 fully saturated rings. The summed E-state index contributed by atoms with van der Waals surface area (Å²) in [6.07, 6.45) is 2.97. The molecule has 0 spiro atoms. The lowest BCUT2D eigenvalue weighted by molar-refractivity contribution is 0.418. The molecular weight excluding hydrogens is 194 g/mol. The lowest BCUT2D eigenvalue weighted by Gasteiger charge is -2.18. The van der Waals surface area contributed by atoms with Crippen LogP contribution >= 0.6 is 11.3 Å². The maximum Gasteiger partial charge on any atom is 0.106 e. The zero-order chi connectivity index (χ0) is 10.4. The van der Waals surface area contributed by atoms with Crippen LogP contribution in [0.15, 0.2) is 11.6 Å². The number of nitrogens with zero attached hydrogens (tertiary/aromatic N) is 1. The minimum Gasteiger partial charge on any atom is -0.326 e. The van der Waals surface area contributed by atoms with E-state index >= 15 is 0 Å². The van der Waals surface area contributed by atoms with Gasteiger partial charge in [-0.3, -0.25) is 0 Å². The van der Waals surface area contributed by atoms with Crippen LogP contribution in [0.1, 0.15) is 25.3 Å². The second-order valence-electron chi connectivity index (χ2n) is 3.61. The minimum absolute atomic E-state index is 0.250. The summed E-state index contributed by atoms with van der Waals surface area (Å²) in [5.74, 6) is 0.582. The molecule has 0 aliphatic carbocycles. The average Bonchev–Trinajstić information content (AvgIpc) is 2.69. The molecule has 2 unspecified atom stereocenters.